The standard InChI is InChI=1S/C22H12N3O6S2.H2O4S/c26-23(27)13-6-7-15-16(8-13)21(22-32-11-19(33-22)12-4-2-1-3-5-12)17-9-14(24(28)29)10-18(20(15)17)25(30)31;1-5(2,3)4/h1-11,21H;(H2,1,2,3,4)/q+1;/p-1. The average molecular weight is 576 g/mol. The highest BCUT2D eigenvalue weighted by molar-refractivity contribution is 7.79. The van der Waals surface area contributed by atoms with Crippen molar-refractivity contribution in [1.29, 1.82) is 0 Å². The molecule has 1 heterocycles. The van der Waals surface area contributed by atoms with Crippen molar-refractivity contribution >= 4 is 50.1 Å². The fraction of sp³-hybridized carbons (Fsp3) is 0.0455. The van der Waals surface area contributed by atoms with Crippen LogP contribution in [-0.4, -0.2) is 32.3 Å². The summed E-state index contributed by atoms with van der Waals surface area (Å²) in [6, 6.07) is 16.1. The van der Waals surface area contributed by atoms with Crippen molar-refractivity contribution in [1.82, 2.24) is 0 Å². The lowest BCUT2D eigenvalue weighted by atomic mass is 9.98. The van der Waals surface area contributed by atoms with Crippen LogP contribution in [0.4, 0.5) is 17.1 Å². The summed E-state index contributed by atoms with van der Waals surface area (Å²) >= 11 is 2.88. The lowest BCUT2D eigenvalue weighted by Crippen LogP contribution is -2.00. The maximum absolute atomic E-state index is 11.8. The smallest absolute Gasteiger partial charge is 0.284 e. The number of non-ortho nitro benzene ring substituents is 2. The predicted molar refractivity (Wildman–Crippen MR) is 137 cm³/mol. The van der Waals surface area contributed by atoms with E-state index in [1.54, 1.807) is 0 Å². The third-order valence-corrected chi connectivity index (χ3v) is 7.98. The first-order chi connectivity index (χ1) is 17.8. The van der Waals surface area contributed by atoms with Crippen molar-refractivity contribution < 1.29 is 32.3 Å². The lowest BCUT2D eigenvalue weighted by molar-refractivity contribution is -0.393. The molecule has 3 aromatic carbocycles. The van der Waals surface area contributed by atoms with E-state index >= 15 is 0 Å². The van der Waals surface area contributed by atoms with Gasteiger partial charge in [0, 0.05) is 23.8 Å². The SMILES string of the molecule is O=S(=O)([O-])O.O=[N+]([O-])c1ccc2c(c1)C(c1sc(-c3ccccc3)c[s+]1)c1cc([N+](=O)[O-])cc([N+](=O)[O-])c1-2. The number of hydrogen-bond donors (Lipinski definition) is 1. The molecule has 194 valence electrons. The summed E-state index contributed by atoms with van der Waals surface area (Å²) in [5, 5.41) is 36.7. The lowest BCUT2D eigenvalue weighted by Gasteiger charge is -2.06. The minimum Gasteiger partial charge on any atom is -0.726 e. The van der Waals surface area contributed by atoms with Crippen LogP contribution >= 0.6 is 22.7 Å². The fourth-order valence-corrected chi connectivity index (χ4v) is 6.61. The Morgan fingerprint density at radius 1 is 0.842 bits per heavy atom. The molecule has 0 spiro atoms. The summed E-state index contributed by atoms with van der Waals surface area (Å²) in [5.74, 6) is -0.582. The number of nitro benzene ring substituents is 3. The number of benzene rings is 3. The number of rotatable bonds is 5. The second kappa shape index (κ2) is 10.3. The molecule has 0 amide bonds. The van der Waals surface area contributed by atoms with Gasteiger partial charge < -0.3 is 4.55 Å². The van der Waals surface area contributed by atoms with E-state index in [2.05, 4.69) is 0 Å². The van der Waals surface area contributed by atoms with Gasteiger partial charge in [-0.25, -0.2) is 8.42 Å². The highest BCUT2D eigenvalue weighted by atomic mass is 32.3. The number of hydrogen-bond acceptors (Lipinski definition) is 10. The highest BCUT2D eigenvalue weighted by Gasteiger charge is 2.42. The molecule has 0 fully saturated rings. The van der Waals surface area contributed by atoms with E-state index in [0.29, 0.717) is 16.7 Å². The van der Waals surface area contributed by atoms with Gasteiger partial charge in [-0.1, -0.05) is 30.3 Å². The van der Waals surface area contributed by atoms with Crippen molar-refractivity contribution in [3.8, 4) is 21.6 Å². The van der Waals surface area contributed by atoms with Crippen LogP contribution in [0.2, 0.25) is 0 Å². The van der Waals surface area contributed by atoms with Gasteiger partial charge in [-0.2, -0.15) is 0 Å². The van der Waals surface area contributed by atoms with Crippen molar-refractivity contribution in [3.05, 3.63) is 112 Å². The second-order valence-electron chi connectivity index (χ2n) is 7.72. The van der Waals surface area contributed by atoms with Crippen LogP contribution in [0.25, 0.3) is 21.6 Å². The van der Waals surface area contributed by atoms with E-state index in [1.807, 2.05) is 35.7 Å². The zero-order chi connectivity index (χ0) is 27.8. The Morgan fingerprint density at radius 3 is 2.03 bits per heavy atom. The summed E-state index contributed by atoms with van der Waals surface area (Å²) in [4.78, 5) is 33.9. The minimum absolute atomic E-state index is 0.145. The largest absolute Gasteiger partial charge is 0.726 e. The third kappa shape index (κ3) is 5.53. The highest BCUT2D eigenvalue weighted by Crippen LogP contribution is 2.55. The summed E-state index contributed by atoms with van der Waals surface area (Å²) in [6.45, 7) is 0. The molecule has 1 unspecified atom stereocenters. The molecule has 0 aliphatic heterocycles. The Kier molecular flexibility index (Phi) is 7.25. The molecule has 0 radical (unpaired) electrons. The predicted octanol–water partition coefficient (Wildman–Crippen LogP) is 5.65. The quantitative estimate of drug-likeness (QED) is 0.0895. The Morgan fingerprint density at radius 2 is 1.45 bits per heavy atom. The van der Waals surface area contributed by atoms with Gasteiger partial charge >= 0.3 is 0 Å². The molecule has 5 rings (SSSR count). The van der Waals surface area contributed by atoms with Gasteiger partial charge in [0.25, 0.3) is 21.3 Å². The van der Waals surface area contributed by atoms with Crippen LogP contribution in [0, 0.1) is 30.3 Å². The first kappa shape index (κ1) is 26.8. The molecule has 1 aliphatic rings. The molecule has 0 saturated heterocycles. The maximum Gasteiger partial charge on any atom is 0.284 e. The van der Waals surface area contributed by atoms with E-state index in [1.165, 1.54) is 46.9 Å². The van der Waals surface area contributed by atoms with Gasteiger partial charge in [-0.3, -0.25) is 34.9 Å². The Balaban J connectivity index is 0.000000617. The van der Waals surface area contributed by atoms with Crippen molar-refractivity contribution in [2.45, 2.75) is 5.92 Å². The van der Waals surface area contributed by atoms with E-state index in [0.717, 1.165) is 20.7 Å². The first-order valence-corrected chi connectivity index (χ1v) is 13.3. The summed E-state index contributed by atoms with van der Waals surface area (Å²) in [5.41, 5.74) is 1.75. The van der Waals surface area contributed by atoms with Gasteiger partial charge in [0.05, 0.1) is 55.0 Å². The first-order valence-electron chi connectivity index (χ1n) is 10.3. The molecular formula is C22H13N3O10S3. The Bertz CT molecular complexity index is 1700. The normalized spacial score (nSPS) is 13.6. The van der Waals surface area contributed by atoms with Crippen LogP contribution in [0.5, 0.6) is 0 Å². The van der Waals surface area contributed by atoms with E-state index in [4.69, 9.17) is 17.5 Å². The molecule has 1 N–H and O–H groups in total. The van der Waals surface area contributed by atoms with E-state index < -0.39 is 36.8 Å². The number of nitro groups is 3. The van der Waals surface area contributed by atoms with Crippen molar-refractivity contribution in [2.75, 3.05) is 0 Å². The zero-order valence-corrected chi connectivity index (χ0v) is 21.1. The summed E-state index contributed by atoms with van der Waals surface area (Å²) in [6.07, 6.45) is 0. The van der Waals surface area contributed by atoms with Crippen LogP contribution in [0.3, 0.4) is 0 Å². The molecule has 4 aromatic rings. The van der Waals surface area contributed by atoms with Crippen molar-refractivity contribution in [3.63, 3.8) is 0 Å². The van der Waals surface area contributed by atoms with Gasteiger partial charge in [-0.05, 0) is 22.8 Å². The maximum atomic E-state index is 11.8. The van der Waals surface area contributed by atoms with E-state index in [9.17, 15) is 30.3 Å². The van der Waals surface area contributed by atoms with Crippen LogP contribution in [0.15, 0.2) is 66.0 Å². The van der Waals surface area contributed by atoms with Crippen LogP contribution < -0.4 is 0 Å². The number of fused-ring (bicyclic) bond motifs is 3. The number of nitrogens with zero attached hydrogens (tertiary/aromatic N) is 3. The van der Waals surface area contributed by atoms with Gasteiger partial charge in [-0.15, -0.1) is 0 Å². The molecular weight excluding hydrogens is 562 g/mol. The van der Waals surface area contributed by atoms with Gasteiger partial charge in [0.1, 0.15) is 5.38 Å². The van der Waals surface area contributed by atoms with Gasteiger partial charge in [0.15, 0.2) is 4.88 Å². The monoisotopic (exact) mass is 575 g/mol. The molecule has 1 aliphatic carbocycles. The van der Waals surface area contributed by atoms with Gasteiger partial charge in [0.2, 0.25) is 10.4 Å². The molecule has 0 saturated carbocycles. The topological polar surface area (TPSA) is 207 Å². The molecule has 0 bridgehead atoms. The molecule has 16 heteroatoms. The van der Waals surface area contributed by atoms with E-state index in [-0.39, 0.29) is 16.9 Å². The Hall–Kier alpha value is -4.22. The minimum atomic E-state index is -4.92. The molecule has 38 heavy (non-hydrogen) atoms. The molecule has 1 aromatic heterocycles. The molecule has 13 nitrogen and oxygen atoms in total. The fourth-order valence-electron chi connectivity index (χ4n) is 4.08. The molecule has 1 atom stereocenters. The van der Waals surface area contributed by atoms with Crippen LogP contribution in [0.1, 0.15) is 21.2 Å². The zero-order valence-electron chi connectivity index (χ0n) is 18.6. The van der Waals surface area contributed by atoms with Crippen molar-refractivity contribution in [2.24, 2.45) is 0 Å². The summed E-state index contributed by atoms with van der Waals surface area (Å²) < 4.78 is 33.7. The summed E-state index contributed by atoms with van der Waals surface area (Å²) in [7, 11) is -4.92. The average Bonchev–Trinajstić information content (AvgIpc) is 3.45. The van der Waals surface area contributed by atoms with Crippen LogP contribution in [-0.2, 0) is 10.4 Å². The Labute approximate surface area is 221 Å². The third-order valence-electron chi connectivity index (χ3n) is 5.46. The second-order valence-corrected chi connectivity index (χ2v) is 10.8.